The van der Waals surface area contributed by atoms with Gasteiger partial charge in [0.2, 0.25) is 5.91 Å². The molecule has 3 fully saturated rings. The van der Waals surface area contributed by atoms with Gasteiger partial charge in [-0.05, 0) is 64.0 Å². The molecule has 244 valence electrons. The SMILES string of the molecule is C=CC(=O)N1CCC(n2nc(N3CCC(N(CCOC)CCOC)CC34CCC4)c(-c3c(Cl)c(Cl)cc4[nH]ncc34)c2C)CC1. The van der Waals surface area contributed by atoms with Crippen molar-refractivity contribution in [1.82, 2.24) is 29.8 Å². The largest absolute Gasteiger partial charge is 0.383 e. The van der Waals surface area contributed by atoms with E-state index in [1.807, 2.05) is 17.2 Å². The summed E-state index contributed by atoms with van der Waals surface area (Å²) in [4.78, 5) is 19.3. The molecular formula is C33H45Cl2N7O3. The van der Waals surface area contributed by atoms with Crippen LogP contribution in [0.15, 0.2) is 24.9 Å². The zero-order chi connectivity index (χ0) is 31.7. The van der Waals surface area contributed by atoms with Crippen molar-refractivity contribution in [1.29, 1.82) is 0 Å². The number of hydrogen-bond donors (Lipinski definition) is 1. The molecule has 2 saturated heterocycles. The Bertz CT molecular complexity index is 1520. The van der Waals surface area contributed by atoms with Gasteiger partial charge >= 0.3 is 0 Å². The third-order valence-corrected chi connectivity index (χ3v) is 11.2. The second kappa shape index (κ2) is 13.6. The number of ether oxygens (including phenoxy) is 2. The number of carbonyl (C=O) groups is 1. The van der Waals surface area contributed by atoms with Crippen LogP contribution < -0.4 is 4.90 Å². The maximum Gasteiger partial charge on any atom is 0.245 e. The number of amides is 1. The fraction of sp³-hybridized carbons (Fsp3) is 0.606. The molecule has 1 spiro atoms. The van der Waals surface area contributed by atoms with Crippen LogP contribution in [0.3, 0.4) is 0 Å². The molecule has 1 aliphatic carbocycles. The fourth-order valence-corrected chi connectivity index (χ4v) is 8.29. The van der Waals surface area contributed by atoms with Gasteiger partial charge in [-0.15, -0.1) is 0 Å². The number of likely N-dealkylation sites (tertiary alicyclic amines) is 1. The van der Waals surface area contributed by atoms with Crippen molar-refractivity contribution in [3.8, 4) is 11.1 Å². The average molecular weight is 659 g/mol. The van der Waals surface area contributed by atoms with Crippen LogP contribution in [0.1, 0.15) is 56.7 Å². The van der Waals surface area contributed by atoms with Gasteiger partial charge < -0.3 is 19.3 Å². The zero-order valence-electron chi connectivity index (χ0n) is 26.7. The Morgan fingerprint density at radius 3 is 2.47 bits per heavy atom. The number of anilines is 1. The highest BCUT2D eigenvalue weighted by atomic mass is 35.5. The van der Waals surface area contributed by atoms with Gasteiger partial charge in [0.05, 0.1) is 41.0 Å². The quantitative estimate of drug-likeness (QED) is 0.258. The maximum atomic E-state index is 12.3. The van der Waals surface area contributed by atoms with Gasteiger partial charge in [0.1, 0.15) is 0 Å². The second-order valence-electron chi connectivity index (χ2n) is 12.8. The molecule has 1 amide bonds. The monoisotopic (exact) mass is 657 g/mol. The van der Waals surface area contributed by atoms with Crippen molar-refractivity contribution in [3.05, 3.63) is 40.7 Å². The molecule has 3 aliphatic rings. The van der Waals surface area contributed by atoms with Gasteiger partial charge in [-0.2, -0.15) is 10.2 Å². The minimum Gasteiger partial charge on any atom is -0.383 e. The number of nitrogens with one attached hydrogen (secondary N) is 1. The third-order valence-electron chi connectivity index (χ3n) is 10.4. The van der Waals surface area contributed by atoms with E-state index in [2.05, 4.69) is 38.2 Å². The number of nitrogens with zero attached hydrogens (tertiary/aromatic N) is 6. The summed E-state index contributed by atoms with van der Waals surface area (Å²) >= 11 is 13.8. The summed E-state index contributed by atoms with van der Waals surface area (Å²) in [6.45, 7) is 11.3. The summed E-state index contributed by atoms with van der Waals surface area (Å²) in [5.74, 6) is 0.960. The molecular weight excluding hydrogens is 613 g/mol. The van der Waals surface area contributed by atoms with Crippen molar-refractivity contribution >= 4 is 45.8 Å². The Morgan fingerprint density at radius 1 is 1.13 bits per heavy atom. The molecule has 1 unspecified atom stereocenters. The fourth-order valence-electron chi connectivity index (χ4n) is 7.84. The lowest BCUT2D eigenvalue weighted by Crippen LogP contribution is -2.62. The van der Waals surface area contributed by atoms with Crippen LogP contribution >= 0.6 is 23.2 Å². The highest BCUT2D eigenvalue weighted by molar-refractivity contribution is 6.45. The van der Waals surface area contributed by atoms with Crippen molar-refractivity contribution in [2.45, 2.75) is 69.5 Å². The molecule has 0 radical (unpaired) electrons. The van der Waals surface area contributed by atoms with Crippen LogP contribution in [0.4, 0.5) is 5.82 Å². The minimum absolute atomic E-state index is 0.0140. The molecule has 1 aromatic carbocycles. The van der Waals surface area contributed by atoms with Crippen molar-refractivity contribution in [2.24, 2.45) is 0 Å². The van der Waals surface area contributed by atoms with E-state index in [-0.39, 0.29) is 17.5 Å². The molecule has 2 aromatic heterocycles. The number of fused-ring (bicyclic) bond motifs is 1. The summed E-state index contributed by atoms with van der Waals surface area (Å²) in [5, 5.41) is 14.8. The standard InChI is InChI=1S/C33H45Cl2N7O3/c1-5-28(43)40-12-7-23(8-13-40)42-22(2)29(30-25-21-36-37-27(25)19-26(34)31(30)35)32(38-42)41-14-9-24(20-33(41)10-6-11-33)39(15-17-44-3)16-18-45-4/h5,19,21,23-24H,1,6-18,20H2,2-4H3,(H,36,37). The Labute approximate surface area is 275 Å². The Hall–Kier alpha value is -2.63. The maximum absolute atomic E-state index is 12.3. The summed E-state index contributed by atoms with van der Waals surface area (Å²) in [5.41, 5.74) is 3.83. The number of rotatable bonds is 11. The van der Waals surface area contributed by atoms with Crippen molar-refractivity contribution < 1.29 is 14.3 Å². The minimum atomic E-state index is -0.0140. The van der Waals surface area contributed by atoms with Crippen LogP contribution in [0.25, 0.3) is 22.0 Å². The predicted molar refractivity (Wildman–Crippen MR) is 179 cm³/mol. The van der Waals surface area contributed by atoms with E-state index in [1.165, 1.54) is 12.5 Å². The first-order valence-electron chi connectivity index (χ1n) is 16.1. The van der Waals surface area contributed by atoms with Gasteiger partial charge in [-0.1, -0.05) is 29.8 Å². The average Bonchev–Trinajstić information content (AvgIpc) is 3.64. The van der Waals surface area contributed by atoms with Gasteiger partial charge in [0.25, 0.3) is 0 Å². The molecule has 3 aromatic rings. The third kappa shape index (κ3) is 6.00. The van der Waals surface area contributed by atoms with E-state index >= 15 is 0 Å². The Balaban J connectivity index is 1.41. The van der Waals surface area contributed by atoms with Crippen molar-refractivity contribution in [2.75, 3.05) is 65.1 Å². The summed E-state index contributed by atoms with van der Waals surface area (Å²) in [6.07, 6.45) is 10.4. The highest BCUT2D eigenvalue weighted by Crippen LogP contribution is 2.52. The van der Waals surface area contributed by atoms with Crippen LogP contribution in [-0.2, 0) is 14.3 Å². The lowest BCUT2D eigenvalue weighted by Gasteiger charge is -2.57. The van der Waals surface area contributed by atoms with E-state index in [0.717, 1.165) is 91.7 Å². The van der Waals surface area contributed by atoms with E-state index in [4.69, 9.17) is 37.8 Å². The first-order chi connectivity index (χ1) is 21.8. The number of halogens is 2. The summed E-state index contributed by atoms with van der Waals surface area (Å²) in [7, 11) is 3.54. The van der Waals surface area contributed by atoms with E-state index in [9.17, 15) is 4.79 Å². The van der Waals surface area contributed by atoms with Gasteiger partial charge in [-0.3, -0.25) is 19.5 Å². The number of carbonyl (C=O) groups excluding carboxylic acids is 1. The number of benzene rings is 1. The van der Waals surface area contributed by atoms with E-state index in [1.54, 1.807) is 14.2 Å². The number of methoxy groups -OCH3 is 2. The number of H-pyrrole nitrogens is 1. The van der Waals surface area contributed by atoms with Crippen molar-refractivity contribution in [3.63, 3.8) is 0 Å². The Morgan fingerprint density at radius 2 is 1.84 bits per heavy atom. The topological polar surface area (TPSA) is 91.8 Å². The lowest BCUT2D eigenvalue weighted by molar-refractivity contribution is -0.127. The van der Waals surface area contributed by atoms with E-state index < -0.39 is 0 Å². The molecule has 10 nitrogen and oxygen atoms in total. The van der Waals surface area contributed by atoms with Gasteiger partial charge in [-0.25, -0.2) is 0 Å². The smallest absolute Gasteiger partial charge is 0.245 e. The zero-order valence-corrected chi connectivity index (χ0v) is 28.2. The molecule has 1 N–H and O–H groups in total. The van der Waals surface area contributed by atoms with Gasteiger partial charge in [0.15, 0.2) is 5.82 Å². The molecule has 2 aliphatic heterocycles. The predicted octanol–water partition coefficient (Wildman–Crippen LogP) is 5.88. The van der Waals surface area contributed by atoms with E-state index in [0.29, 0.717) is 42.4 Å². The molecule has 45 heavy (non-hydrogen) atoms. The molecule has 6 rings (SSSR count). The summed E-state index contributed by atoms with van der Waals surface area (Å²) < 4.78 is 13.2. The summed E-state index contributed by atoms with van der Waals surface area (Å²) in [6, 6.07) is 2.45. The first-order valence-corrected chi connectivity index (χ1v) is 16.9. The van der Waals surface area contributed by atoms with Crippen LogP contribution in [-0.4, -0.2) is 107 Å². The molecule has 1 saturated carbocycles. The van der Waals surface area contributed by atoms with Gasteiger partial charge in [0, 0.05) is 80.7 Å². The number of aromatic nitrogens is 4. The molecule has 0 bridgehead atoms. The Kier molecular flexibility index (Phi) is 9.78. The second-order valence-corrected chi connectivity index (χ2v) is 13.6. The van der Waals surface area contributed by atoms with Crippen LogP contribution in [0, 0.1) is 6.92 Å². The number of aromatic amines is 1. The highest BCUT2D eigenvalue weighted by Gasteiger charge is 2.49. The lowest BCUT2D eigenvalue weighted by atomic mass is 9.68. The normalized spacial score (nSPS) is 20.4. The van der Waals surface area contributed by atoms with Crippen LogP contribution in [0.2, 0.25) is 10.0 Å². The molecule has 1 atom stereocenters. The first kappa shape index (κ1) is 32.3. The van der Waals surface area contributed by atoms with Crippen LogP contribution in [0.5, 0.6) is 0 Å². The number of piperidine rings is 2. The number of hydrogen-bond acceptors (Lipinski definition) is 7. The molecule has 12 heteroatoms. The molecule has 4 heterocycles.